The van der Waals surface area contributed by atoms with Gasteiger partial charge in [-0.05, 0) is 13.0 Å². The van der Waals surface area contributed by atoms with Crippen LogP contribution >= 0.6 is 23.2 Å². The van der Waals surface area contributed by atoms with Gasteiger partial charge in [0.1, 0.15) is 17.8 Å². The lowest BCUT2D eigenvalue weighted by Gasteiger charge is -1.96. The molecule has 10 heteroatoms. The minimum absolute atomic E-state index is 0.0121. The molecule has 0 aliphatic rings. The van der Waals surface area contributed by atoms with Gasteiger partial charge in [-0.15, -0.1) is 0 Å². The van der Waals surface area contributed by atoms with Crippen LogP contribution in [-0.2, 0) is 4.74 Å². The van der Waals surface area contributed by atoms with Crippen LogP contribution in [0.3, 0.4) is 0 Å². The van der Waals surface area contributed by atoms with Crippen molar-refractivity contribution in [3.8, 4) is 12.1 Å². The molecule has 0 atom stereocenters. The van der Waals surface area contributed by atoms with Crippen LogP contribution in [0.2, 0.25) is 10.3 Å². The van der Waals surface area contributed by atoms with Crippen LogP contribution in [0.25, 0.3) is 6.08 Å². The number of hydrogen-bond acceptors (Lipinski definition) is 8. The van der Waals surface area contributed by atoms with Crippen LogP contribution in [0, 0.1) is 22.7 Å². The fraction of sp³-hybridized carbons (Fsp3) is 0.133. The molecule has 8 nitrogen and oxygen atoms in total. The lowest BCUT2D eigenvalue weighted by Crippen LogP contribution is -1.93. The van der Waals surface area contributed by atoms with Crippen molar-refractivity contribution in [1.29, 1.82) is 10.5 Å². The van der Waals surface area contributed by atoms with E-state index in [2.05, 4.69) is 19.9 Å². The van der Waals surface area contributed by atoms with E-state index in [0.717, 1.165) is 0 Å². The number of nitriles is 2. The Morgan fingerprint density at radius 3 is 2.08 bits per heavy atom. The standard InChI is InChI=1S/C9H8ClN3O.C6H2ClN3O/c1-2-14-4-3-7-6-12-9(10)8(5-11)13-7;7-6-5(1-8)10-4(3-11)2-9-6/h3-4,6H,2H2,1H3;2-3H/b4-3+;. The van der Waals surface area contributed by atoms with Gasteiger partial charge in [-0.2, -0.15) is 10.5 Å². The summed E-state index contributed by atoms with van der Waals surface area (Å²) in [5, 5.41) is 17.1. The van der Waals surface area contributed by atoms with E-state index < -0.39 is 0 Å². The Hall–Kier alpha value is -3.07. The molecule has 2 aromatic rings. The van der Waals surface area contributed by atoms with Gasteiger partial charge in [-0.3, -0.25) is 4.79 Å². The molecule has 0 bridgehead atoms. The van der Waals surface area contributed by atoms with Gasteiger partial charge in [-0.25, -0.2) is 19.9 Å². The third kappa shape index (κ3) is 6.51. The maximum atomic E-state index is 10.1. The molecule has 0 radical (unpaired) electrons. The van der Waals surface area contributed by atoms with Crippen molar-refractivity contribution in [2.24, 2.45) is 0 Å². The quantitative estimate of drug-likeness (QED) is 0.588. The Bertz CT molecular complexity index is 858. The van der Waals surface area contributed by atoms with E-state index in [1.807, 2.05) is 13.0 Å². The zero-order valence-electron chi connectivity index (χ0n) is 12.8. The Kier molecular flexibility index (Phi) is 8.52. The van der Waals surface area contributed by atoms with Gasteiger partial charge >= 0.3 is 0 Å². The number of rotatable bonds is 4. The third-order valence-corrected chi connectivity index (χ3v) is 2.88. The smallest absolute Gasteiger partial charge is 0.178 e. The molecule has 0 aromatic carbocycles. The maximum Gasteiger partial charge on any atom is 0.178 e. The third-order valence-electron chi connectivity index (χ3n) is 2.33. The Balaban J connectivity index is 0.000000257. The number of carbonyl (C=O) groups is 1. The van der Waals surface area contributed by atoms with Crippen LogP contribution in [0.4, 0.5) is 0 Å². The Labute approximate surface area is 153 Å². The molecule has 0 saturated carbocycles. The normalized spacial score (nSPS) is 9.48. The SMILES string of the molecule is CCO/C=C/c1cnc(Cl)c(C#N)n1.N#Cc1nc(C=O)cnc1Cl. The second-order valence-corrected chi connectivity index (χ2v) is 4.68. The van der Waals surface area contributed by atoms with E-state index in [1.165, 1.54) is 18.7 Å². The van der Waals surface area contributed by atoms with Gasteiger partial charge in [0, 0.05) is 0 Å². The summed E-state index contributed by atoms with van der Waals surface area (Å²) in [5.74, 6) is 0. The zero-order valence-corrected chi connectivity index (χ0v) is 14.4. The van der Waals surface area contributed by atoms with Crippen molar-refractivity contribution >= 4 is 35.6 Å². The average molecular weight is 377 g/mol. The Morgan fingerprint density at radius 2 is 1.60 bits per heavy atom. The van der Waals surface area contributed by atoms with Crippen LogP contribution < -0.4 is 0 Å². The van der Waals surface area contributed by atoms with E-state index in [4.69, 9.17) is 38.5 Å². The summed E-state index contributed by atoms with van der Waals surface area (Å²) in [4.78, 5) is 25.0. The highest BCUT2D eigenvalue weighted by atomic mass is 35.5. The first kappa shape index (κ1) is 20.0. The second kappa shape index (κ2) is 10.7. The lowest BCUT2D eigenvalue weighted by atomic mass is 10.4. The molecule has 0 aliphatic heterocycles. The van der Waals surface area contributed by atoms with E-state index in [1.54, 1.807) is 12.1 Å². The van der Waals surface area contributed by atoms with Gasteiger partial charge in [-0.1, -0.05) is 23.2 Å². The minimum Gasteiger partial charge on any atom is -0.501 e. The number of ether oxygens (including phenoxy) is 1. The van der Waals surface area contributed by atoms with Crippen LogP contribution in [0.5, 0.6) is 0 Å². The maximum absolute atomic E-state index is 10.1. The van der Waals surface area contributed by atoms with Crippen molar-refractivity contribution in [3.63, 3.8) is 0 Å². The molecule has 0 unspecified atom stereocenters. The predicted molar refractivity (Wildman–Crippen MR) is 89.6 cm³/mol. The predicted octanol–water partition coefficient (Wildman–Crippen LogP) is 2.82. The minimum atomic E-state index is -0.0312. The summed E-state index contributed by atoms with van der Waals surface area (Å²) >= 11 is 11.0. The number of nitrogens with zero attached hydrogens (tertiary/aromatic N) is 6. The van der Waals surface area contributed by atoms with Crippen molar-refractivity contribution in [2.75, 3.05) is 6.61 Å². The summed E-state index contributed by atoms with van der Waals surface area (Å²) in [6.07, 6.45) is 6.30. The summed E-state index contributed by atoms with van der Waals surface area (Å²) < 4.78 is 4.98. The number of halogens is 2. The van der Waals surface area contributed by atoms with Crippen molar-refractivity contribution in [1.82, 2.24) is 19.9 Å². The molecular formula is C15H10Cl2N6O2. The molecular weight excluding hydrogens is 367 g/mol. The highest BCUT2D eigenvalue weighted by Gasteiger charge is 2.03. The zero-order chi connectivity index (χ0) is 18.7. The fourth-order valence-electron chi connectivity index (χ4n) is 1.27. The monoisotopic (exact) mass is 376 g/mol. The van der Waals surface area contributed by atoms with Crippen molar-refractivity contribution < 1.29 is 9.53 Å². The van der Waals surface area contributed by atoms with Gasteiger partial charge in [0.25, 0.3) is 0 Å². The molecule has 0 saturated heterocycles. The molecule has 2 aromatic heterocycles. The number of aromatic nitrogens is 4. The molecule has 0 amide bonds. The van der Waals surface area contributed by atoms with Crippen LogP contribution in [0.15, 0.2) is 18.7 Å². The topological polar surface area (TPSA) is 125 Å². The van der Waals surface area contributed by atoms with Gasteiger partial charge < -0.3 is 4.74 Å². The van der Waals surface area contributed by atoms with E-state index in [9.17, 15) is 4.79 Å². The first-order chi connectivity index (χ1) is 12.0. The first-order valence-corrected chi connectivity index (χ1v) is 7.39. The van der Waals surface area contributed by atoms with E-state index in [-0.39, 0.29) is 27.4 Å². The lowest BCUT2D eigenvalue weighted by molar-refractivity contribution is 0.111. The highest BCUT2D eigenvalue weighted by Crippen LogP contribution is 2.09. The fourth-order valence-corrected chi connectivity index (χ4v) is 1.54. The van der Waals surface area contributed by atoms with E-state index in [0.29, 0.717) is 18.6 Å². The molecule has 0 N–H and O–H groups in total. The largest absolute Gasteiger partial charge is 0.501 e. The average Bonchev–Trinajstić information content (AvgIpc) is 2.64. The van der Waals surface area contributed by atoms with Gasteiger partial charge in [0.05, 0.1) is 31.0 Å². The first-order valence-electron chi connectivity index (χ1n) is 6.64. The molecule has 25 heavy (non-hydrogen) atoms. The number of hydrogen-bond donors (Lipinski definition) is 0. The summed E-state index contributed by atoms with van der Waals surface area (Å²) in [7, 11) is 0. The van der Waals surface area contributed by atoms with Crippen LogP contribution in [-0.4, -0.2) is 32.8 Å². The van der Waals surface area contributed by atoms with Gasteiger partial charge in [0.15, 0.2) is 28.0 Å². The van der Waals surface area contributed by atoms with Crippen LogP contribution in [0.1, 0.15) is 34.5 Å². The summed E-state index contributed by atoms with van der Waals surface area (Å²) in [6, 6.07) is 3.55. The molecule has 2 heterocycles. The number of carbonyl (C=O) groups excluding carboxylic acids is 1. The molecule has 0 aliphatic carbocycles. The highest BCUT2D eigenvalue weighted by molar-refractivity contribution is 6.30. The van der Waals surface area contributed by atoms with E-state index >= 15 is 0 Å². The van der Waals surface area contributed by atoms with Crippen molar-refractivity contribution in [2.45, 2.75) is 6.92 Å². The molecule has 2 rings (SSSR count). The summed E-state index contributed by atoms with van der Waals surface area (Å²) in [5.41, 5.74) is 0.729. The summed E-state index contributed by atoms with van der Waals surface area (Å²) in [6.45, 7) is 2.46. The number of aldehydes is 1. The molecule has 126 valence electrons. The Morgan fingerprint density at radius 1 is 1.08 bits per heavy atom. The van der Waals surface area contributed by atoms with Crippen molar-refractivity contribution in [3.05, 3.63) is 51.7 Å². The second-order valence-electron chi connectivity index (χ2n) is 3.97. The molecule has 0 fully saturated rings. The molecule has 0 spiro atoms. The van der Waals surface area contributed by atoms with Gasteiger partial charge in [0.2, 0.25) is 0 Å².